The van der Waals surface area contributed by atoms with Crippen molar-refractivity contribution in [3.8, 4) is 0 Å². The third-order valence-electron chi connectivity index (χ3n) is 4.66. The smallest absolute Gasteiger partial charge is 0.146 e. The van der Waals surface area contributed by atoms with E-state index in [4.69, 9.17) is 0 Å². The third kappa shape index (κ3) is 3.51. The predicted octanol–water partition coefficient (Wildman–Crippen LogP) is 3.84. The van der Waals surface area contributed by atoms with Crippen molar-refractivity contribution < 1.29 is 9.50 Å². The van der Waals surface area contributed by atoms with Gasteiger partial charge in [0.15, 0.2) is 0 Å². The molecule has 0 heterocycles. The molecule has 2 nitrogen and oxygen atoms in total. The van der Waals surface area contributed by atoms with Gasteiger partial charge in [0, 0.05) is 19.0 Å². The van der Waals surface area contributed by atoms with Crippen molar-refractivity contribution in [1.82, 2.24) is 0 Å². The molecule has 0 spiro atoms. The topological polar surface area (TPSA) is 23.5 Å². The zero-order chi connectivity index (χ0) is 14.5. The van der Waals surface area contributed by atoms with Crippen LogP contribution >= 0.6 is 0 Å². The molecule has 2 rings (SSSR count). The van der Waals surface area contributed by atoms with Gasteiger partial charge in [-0.3, -0.25) is 0 Å². The molecule has 1 fully saturated rings. The lowest BCUT2D eigenvalue weighted by atomic mass is 9.78. The summed E-state index contributed by atoms with van der Waals surface area (Å²) in [5.74, 6) is 0.794. The van der Waals surface area contributed by atoms with Gasteiger partial charge in [-0.2, -0.15) is 0 Å². The highest BCUT2D eigenvalue weighted by atomic mass is 19.1. The molecule has 0 radical (unpaired) electrons. The summed E-state index contributed by atoms with van der Waals surface area (Å²) in [6.07, 6.45) is 4.01. The maximum Gasteiger partial charge on any atom is 0.146 e. The van der Waals surface area contributed by atoms with Crippen LogP contribution in [-0.2, 0) is 0 Å². The Morgan fingerprint density at radius 1 is 1.25 bits per heavy atom. The van der Waals surface area contributed by atoms with Crippen molar-refractivity contribution >= 4 is 5.69 Å². The first-order valence-corrected chi connectivity index (χ1v) is 7.83. The Balaban J connectivity index is 2.07. The molecule has 0 aliphatic heterocycles. The zero-order valence-corrected chi connectivity index (χ0v) is 12.6. The second-order valence-corrected chi connectivity index (χ2v) is 5.90. The van der Waals surface area contributed by atoms with E-state index in [0.717, 1.165) is 32.4 Å². The fraction of sp³-hybridized carbons (Fsp3) is 0.647. The van der Waals surface area contributed by atoms with Crippen LogP contribution in [0, 0.1) is 17.7 Å². The molecule has 3 unspecified atom stereocenters. The van der Waals surface area contributed by atoms with Gasteiger partial charge in [0.05, 0.1) is 11.8 Å². The lowest BCUT2D eigenvalue weighted by Gasteiger charge is -2.37. The van der Waals surface area contributed by atoms with Gasteiger partial charge in [-0.15, -0.1) is 0 Å². The minimum atomic E-state index is -0.237. The molecule has 1 aliphatic carbocycles. The molecule has 0 aromatic heterocycles. The van der Waals surface area contributed by atoms with Crippen LogP contribution in [0.2, 0.25) is 0 Å². The number of para-hydroxylation sites is 1. The van der Waals surface area contributed by atoms with E-state index in [-0.39, 0.29) is 17.8 Å². The van der Waals surface area contributed by atoms with Crippen molar-refractivity contribution in [3.05, 3.63) is 30.1 Å². The van der Waals surface area contributed by atoms with E-state index in [2.05, 4.69) is 11.8 Å². The minimum absolute atomic E-state index is 0.174. The first-order valence-electron chi connectivity index (χ1n) is 7.83. The molecule has 20 heavy (non-hydrogen) atoms. The summed E-state index contributed by atoms with van der Waals surface area (Å²) in [6, 6.07) is 6.91. The molecule has 1 N–H and O–H groups in total. The Morgan fingerprint density at radius 2 is 2.00 bits per heavy atom. The average molecular weight is 279 g/mol. The average Bonchev–Trinajstić information content (AvgIpc) is 2.47. The maximum absolute atomic E-state index is 13.9. The van der Waals surface area contributed by atoms with Crippen molar-refractivity contribution in [2.75, 3.05) is 18.0 Å². The summed E-state index contributed by atoms with van der Waals surface area (Å²) < 4.78 is 13.9. The van der Waals surface area contributed by atoms with Gasteiger partial charge >= 0.3 is 0 Å². The normalized spacial score (nSPS) is 26.5. The quantitative estimate of drug-likeness (QED) is 0.885. The van der Waals surface area contributed by atoms with Gasteiger partial charge < -0.3 is 10.0 Å². The largest absolute Gasteiger partial charge is 0.393 e. The molecule has 1 aromatic rings. The fourth-order valence-corrected chi connectivity index (χ4v) is 3.30. The number of benzene rings is 1. The lowest BCUT2D eigenvalue weighted by Crippen LogP contribution is -2.39. The Hall–Kier alpha value is -1.09. The van der Waals surface area contributed by atoms with E-state index in [9.17, 15) is 9.50 Å². The maximum atomic E-state index is 13.9. The predicted molar refractivity (Wildman–Crippen MR) is 81.4 cm³/mol. The number of aliphatic hydroxyl groups is 1. The molecule has 0 amide bonds. The van der Waals surface area contributed by atoms with Gasteiger partial charge in [-0.1, -0.05) is 25.5 Å². The van der Waals surface area contributed by atoms with E-state index in [1.165, 1.54) is 12.5 Å². The number of hydrogen-bond donors (Lipinski definition) is 1. The van der Waals surface area contributed by atoms with Gasteiger partial charge in [0.2, 0.25) is 0 Å². The van der Waals surface area contributed by atoms with E-state index in [1.807, 2.05) is 19.1 Å². The van der Waals surface area contributed by atoms with Crippen molar-refractivity contribution in [3.63, 3.8) is 0 Å². The van der Waals surface area contributed by atoms with Crippen LogP contribution in [0.25, 0.3) is 0 Å². The van der Waals surface area contributed by atoms with Crippen molar-refractivity contribution in [2.24, 2.45) is 11.8 Å². The molecule has 0 bridgehead atoms. The lowest BCUT2D eigenvalue weighted by molar-refractivity contribution is 0.0506. The van der Waals surface area contributed by atoms with Crippen LogP contribution in [-0.4, -0.2) is 24.3 Å². The minimum Gasteiger partial charge on any atom is -0.393 e. The number of halogens is 1. The molecule has 3 heteroatoms. The summed E-state index contributed by atoms with van der Waals surface area (Å²) in [4.78, 5) is 2.06. The van der Waals surface area contributed by atoms with Gasteiger partial charge in [-0.05, 0) is 44.2 Å². The molecule has 1 aliphatic rings. The van der Waals surface area contributed by atoms with E-state index in [1.54, 1.807) is 6.07 Å². The van der Waals surface area contributed by atoms with Gasteiger partial charge in [0.1, 0.15) is 5.82 Å². The molecular weight excluding hydrogens is 253 g/mol. The van der Waals surface area contributed by atoms with E-state index >= 15 is 0 Å². The second kappa shape index (κ2) is 7.07. The van der Waals surface area contributed by atoms with Crippen LogP contribution in [0.4, 0.5) is 10.1 Å². The van der Waals surface area contributed by atoms with Crippen LogP contribution in [0.1, 0.15) is 39.5 Å². The summed E-state index contributed by atoms with van der Waals surface area (Å²) in [7, 11) is 0. The van der Waals surface area contributed by atoms with Crippen LogP contribution in [0.3, 0.4) is 0 Å². The van der Waals surface area contributed by atoms with Gasteiger partial charge in [0.25, 0.3) is 0 Å². The Kier molecular flexibility index (Phi) is 5.41. The highest BCUT2D eigenvalue weighted by Crippen LogP contribution is 2.33. The molecule has 1 aromatic carbocycles. The number of rotatable bonds is 5. The Morgan fingerprint density at radius 3 is 2.65 bits per heavy atom. The number of nitrogens with zero attached hydrogens (tertiary/aromatic N) is 1. The van der Waals surface area contributed by atoms with Crippen LogP contribution in [0.15, 0.2) is 24.3 Å². The van der Waals surface area contributed by atoms with E-state index < -0.39 is 0 Å². The molecule has 112 valence electrons. The van der Waals surface area contributed by atoms with Gasteiger partial charge in [-0.25, -0.2) is 4.39 Å². The highest BCUT2D eigenvalue weighted by Gasteiger charge is 2.30. The summed E-state index contributed by atoms with van der Waals surface area (Å²) >= 11 is 0. The van der Waals surface area contributed by atoms with Crippen molar-refractivity contribution in [2.45, 2.75) is 45.6 Å². The first kappa shape index (κ1) is 15.3. The summed E-state index contributed by atoms with van der Waals surface area (Å²) in [5, 5.41) is 10.2. The number of aliphatic hydroxyl groups excluding tert-OH is 1. The summed E-state index contributed by atoms with van der Waals surface area (Å²) in [5.41, 5.74) is 0.654. The summed E-state index contributed by atoms with van der Waals surface area (Å²) in [6.45, 7) is 5.77. The third-order valence-corrected chi connectivity index (χ3v) is 4.66. The highest BCUT2D eigenvalue weighted by molar-refractivity contribution is 5.47. The van der Waals surface area contributed by atoms with Crippen LogP contribution in [0.5, 0.6) is 0 Å². The second-order valence-electron chi connectivity index (χ2n) is 5.90. The standard InChI is InChI=1S/C17H26FNO/c1-3-13-9-10-17(20)14(11-13)12-19(4-2)16-8-6-5-7-15(16)18/h5-8,13-14,17,20H,3-4,9-12H2,1-2H3. The van der Waals surface area contributed by atoms with Crippen LogP contribution < -0.4 is 4.90 Å². The number of hydrogen-bond acceptors (Lipinski definition) is 2. The number of anilines is 1. The fourth-order valence-electron chi connectivity index (χ4n) is 3.30. The van der Waals surface area contributed by atoms with Crippen molar-refractivity contribution in [1.29, 1.82) is 0 Å². The molecule has 1 saturated carbocycles. The molecule has 3 atom stereocenters. The SMILES string of the molecule is CCC1CCC(O)C(CN(CC)c2ccccc2F)C1. The zero-order valence-electron chi connectivity index (χ0n) is 12.6. The Bertz CT molecular complexity index is 423. The first-order chi connectivity index (χ1) is 9.65. The monoisotopic (exact) mass is 279 g/mol. The Labute approximate surface area is 121 Å². The van der Waals surface area contributed by atoms with E-state index in [0.29, 0.717) is 11.6 Å². The molecular formula is C17H26FNO. The molecule has 0 saturated heterocycles.